The first-order valence-corrected chi connectivity index (χ1v) is 7.77. The van der Waals surface area contributed by atoms with Crippen molar-refractivity contribution in [2.24, 2.45) is 0 Å². The molecule has 2 heterocycles. The van der Waals surface area contributed by atoms with Crippen LogP contribution in [-0.4, -0.2) is 26.0 Å². The highest BCUT2D eigenvalue weighted by Crippen LogP contribution is 2.33. The zero-order chi connectivity index (χ0) is 19.4. The number of aryl methyl sites for hydroxylation is 1. The van der Waals surface area contributed by atoms with Crippen LogP contribution in [0.15, 0.2) is 41.2 Å². The van der Waals surface area contributed by atoms with Crippen LogP contribution >= 0.6 is 0 Å². The van der Waals surface area contributed by atoms with E-state index in [2.05, 4.69) is 31.1 Å². The summed E-state index contributed by atoms with van der Waals surface area (Å²) in [6.45, 7) is 3.10. The van der Waals surface area contributed by atoms with Gasteiger partial charge in [-0.1, -0.05) is 5.16 Å². The Morgan fingerprint density at radius 2 is 1.74 bits per heavy atom. The molecule has 138 valence electrons. The fourth-order valence-electron chi connectivity index (χ4n) is 2.26. The zero-order valence-electron chi connectivity index (χ0n) is 14.4. The van der Waals surface area contributed by atoms with E-state index in [1.165, 1.54) is 13.3 Å². The van der Waals surface area contributed by atoms with E-state index in [1.807, 2.05) is 0 Å². The van der Waals surface area contributed by atoms with Crippen LogP contribution in [0, 0.1) is 17.0 Å². The standard InChI is InChI=1S/C16H15N7O4/c1-9-7-13(22-27-9)21-16-14(23(25)26)15(17-8-18-16)20-12-5-3-11(4-6-12)19-10(2)24/h3-8H,1-2H3,(H,19,24)(H2,17,18,20,21,22). The summed E-state index contributed by atoms with van der Waals surface area (Å²) in [7, 11) is 0. The summed E-state index contributed by atoms with van der Waals surface area (Å²) in [6.07, 6.45) is 1.19. The fraction of sp³-hybridized carbons (Fsp3) is 0.125. The van der Waals surface area contributed by atoms with E-state index >= 15 is 0 Å². The predicted octanol–water partition coefficient (Wildman–Crippen LogP) is 3.13. The molecular weight excluding hydrogens is 354 g/mol. The quantitative estimate of drug-likeness (QED) is 0.440. The minimum Gasteiger partial charge on any atom is -0.360 e. The average molecular weight is 369 g/mol. The number of nitro groups is 1. The molecule has 0 bridgehead atoms. The number of anilines is 5. The highest BCUT2D eigenvalue weighted by molar-refractivity contribution is 5.89. The molecule has 3 N–H and O–H groups in total. The Bertz CT molecular complexity index is 985. The minimum atomic E-state index is -0.594. The first kappa shape index (κ1) is 17.8. The van der Waals surface area contributed by atoms with E-state index in [4.69, 9.17) is 4.52 Å². The number of benzene rings is 1. The minimum absolute atomic E-state index is 0.00462. The highest BCUT2D eigenvalue weighted by atomic mass is 16.6. The summed E-state index contributed by atoms with van der Waals surface area (Å²) in [6, 6.07) is 8.22. The topological polar surface area (TPSA) is 148 Å². The first-order chi connectivity index (χ1) is 12.9. The molecular formula is C16H15N7O4. The van der Waals surface area contributed by atoms with Gasteiger partial charge < -0.3 is 20.5 Å². The van der Waals surface area contributed by atoms with Crippen molar-refractivity contribution in [2.45, 2.75) is 13.8 Å². The Balaban J connectivity index is 1.87. The summed E-state index contributed by atoms with van der Waals surface area (Å²) < 4.78 is 4.93. The molecule has 3 rings (SSSR count). The molecule has 11 heteroatoms. The van der Waals surface area contributed by atoms with Gasteiger partial charge in [-0.25, -0.2) is 9.97 Å². The van der Waals surface area contributed by atoms with E-state index in [0.29, 0.717) is 23.0 Å². The maximum Gasteiger partial charge on any atom is 0.353 e. The fourth-order valence-corrected chi connectivity index (χ4v) is 2.26. The molecule has 0 saturated heterocycles. The summed E-state index contributed by atoms with van der Waals surface area (Å²) in [5.41, 5.74) is 0.812. The van der Waals surface area contributed by atoms with Gasteiger partial charge in [0.15, 0.2) is 5.82 Å². The predicted molar refractivity (Wildman–Crippen MR) is 97.2 cm³/mol. The molecule has 27 heavy (non-hydrogen) atoms. The smallest absolute Gasteiger partial charge is 0.353 e. The van der Waals surface area contributed by atoms with Crippen molar-refractivity contribution in [2.75, 3.05) is 16.0 Å². The van der Waals surface area contributed by atoms with Gasteiger partial charge in [0.25, 0.3) is 0 Å². The molecule has 11 nitrogen and oxygen atoms in total. The molecule has 3 aromatic rings. The first-order valence-electron chi connectivity index (χ1n) is 7.77. The van der Waals surface area contributed by atoms with Crippen molar-refractivity contribution in [1.82, 2.24) is 15.1 Å². The summed E-state index contributed by atoms with van der Waals surface area (Å²) in [4.78, 5) is 29.9. The number of nitrogens with one attached hydrogen (secondary N) is 3. The highest BCUT2D eigenvalue weighted by Gasteiger charge is 2.24. The molecule has 1 amide bonds. The molecule has 1 aromatic carbocycles. The molecule has 2 aromatic heterocycles. The second-order valence-electron chi connectivity index (χ2n) is 5.51. The van der Waals surface area contributed by atoms with E-state index in [-0.39, 0.29) is 23.2 Å². The third kappa shape index (κ3) is 4.34. The molecule has 0 fully saturated rings. The number of amides is 1. The third-order valence-electron chi connectivity index (χ3n) is 3.35. The van der Waals surface area contributed by atoms with Crippen LogP contribution in [0.3, 0.4) is 0 Å². The van der Waals surface area contributed by atoms with Crippen LogP contribution in [0.1, 0.15) is 12.7 Å². The maximum absolute atomic E-state index is 11.6. The van der Waals surface area contributed by atoms with Crippen molar-refractivity contribution in [3.05, 3.63) is 52.5 Å². The molecule has 0 unspecified atom stereocenters. The molecule has 0 radical (unpaired) electrons. The van der Waals surface area contributed by atoms with Crippen molar-refractivity contribution in [1.29, 1.82) is 0 Å². The number of hydrogen-bond acceptors (Lipinski definition) is 9. The normalized spacial score (nSPS) is 10.3. The lowest BCUT2D eigenvalue weighted by Crippen LogP contribution is -2.06. The van der Waals surface area contributed by atoms with Gasteiger partial charge in [0.1, 0.15) is 12.1 Å². The van der Waals surface area contributed by atoms with Gasteiger partial charge in [-0.3, -0.25) is 14.9 Å². The number of nitrogens with zero attached hydrogens (tertiary/aromatic N) is 4. The molecule has 0 aliphatic carbocycles. The van der Waals surface area contributed by atoms with E-state index in [9.17, 15) is 14.9 Å². The molecule has 0 aliphatic rings. The molecule has 0 atom stereocenters. The lowest BCUT2D eigenvalue weighted by Gasteiger charge is -2.09. The Kier molecular flexibility index (Phi) is 4.92. The molecule has 0 spiro atoms. The number of hydrogen-bond donors (Lipinski definition) is 3. The van der Waals surface area contributed by atoms with Crippen molar-refractivity contribution in [3.63, 3.8) is 0 Å². The Hall–Kier alpha value is -4.02. The van der Waals surface area contributed by atoms with E-state index in [0.717, 1.165) is 0 Å². The molecule has 0 aliphatic heterocycles. The Morgan fingerprint density at radius 1 is 1.11 bits per heavy atom. The van der Waals surface area contributed by atoms with Crippen molar-refractivity contribution < 1.29 is 14.2 Å². The summed E-state index contributed by atoms with van der Waals surface area (Å²) in [5, 5.41) is 23.6. The number of carbonyl (C=O) groups excluding carboxylic acids is 1. The van der Waals surface area contributed by atoms with Crippen LogP contribution in [0.5, 0.6) is 0 Å². The number of aromatic nitrogens is 3. The monoisotopic (exact) mass is 369 g/mol. The SMILES string of the molecule is CC(=O)Nc1ccc(Nc2ncnc(Nc3cc(C)on3)c2[N+](=O)[O-])cc1. The lowest BCUT2D eigenvalue weighted by molar-refractivity contribution is -0.383. The number of rotatable bonds is 6. The van der Waals surface area contributed by atoms with Gasteiger partial charge in [0.05, 0.1) is 4.92 Å². The summed E-state index contributed by atoms with van der Waals surface area (Å²) >= 11 is 0. The third-order valence-corrected chi connectivity index (χ3v) is 3.35. The second kappa shape index (κ2) is 7.47. The summed E-state index contributed by atoms with van der Waals surface area (Å²) in [5.74, 6) is 0.623. The van der Waals surface area contributed by atoms with Gasteiger partial charge in [0.2, 0.25) is 17.5 Å². The number of carbonyl (C=O) groups is 1. The maximum atomic E-state index is 11.6. The van der Waals surface area contributed by atoms with Crippen LogP contribution in [0.4, 0.5) is 34.5 Å². The second-order valence-corrected chi connectivity index (χ2v) is 5.51. The van der Waals surface area contributed by atoms with Crippen LogP contribution in [0.25, 0.3) is 0 Å². The van der Waals surface area contributed by atoms with Gasteiger partial charge in [-0.2, -0.15) is 0 Å². The van der Waals surface area contributed by atoms with Crippen molar-refractivity contribution in [3.8, 4) is 0 Å². The Morgan fingerprint density at radius 3 is 2.30 bits per heavy atom. The van der Waals surface area contributed by atoms with Gasteiger partial charge in [-0.05, 0) is 31.2 Å². The van der Waals surface area contributed by atoms with Crippen LogP contribution in [0.2, 0.25) is 0 Å². The van der Waals surface area contributed by atoms with Crippen molar-refractivity contribution >= 4 is 40.4 Å². The van der Waals surface area contributed by atoms with Crippen LogP contribution < -0.4 is 16.0 Å². The zero-order valence-corrected chi connectivity index (χ0v) is 14.4. The van der Waals surface area contributed by atoms with Gasteiger partial charge in [-0.15, -0.1) is 0 Å². The van der Waals surface area contributed by atoms with E-state index < -0.39 is 4.92 Å². The van der Waals surface area contributed by atoms with Gasteiger partial charge in [0, 0.05) is 24.4 Å². The molecule has 0 saturated carbocycles. The lowest BCUT2D eigenvalue weighted by atomic mass is 10.2. The average Bonchev–Trinajstić information content (AvgIpc) is 3.01. The van der Waals surface area contributed by atoms with E-state index in [1.54, 1.807) is 37.3 Å². The Labute approximate surface area is 153 Å². The largest absolute Gasteiger partial charge is 0.360 e. The van der Waals surface area contributed by atoms with Crippen LogP contribution in [-0.2, 0) is 4.79 Å². The van der Waals surface area contributed by atoms with Gasteiger partial charge >= 0.3 is 5.69 Å².